The second-order valence-electron chi connectivity index (χ2n) is 5.95. The van der Waals surface area contributed by atoms with Crippen molar-refractivity contribution in [2.45, 2.75) is 0 Å². The first-order valence-electron chi connectivity index (χ1n) is 8.15. The van der Waals surface area contributed by atoms with Gasteiger partial charge in [0, 0.05) is 18.5 Å². The number of nitrogens with zero attached hydrogens (tertiary/aromatic N) is 4. The molecule has 0 saturated carbocycles. The van der Waals surface area contributed by atoms with Crippen LogP contribution in [0.25, 0.3) is 27.9 Å². The van der Waals surface area contributed by atoms with Crippen LogP contribution in [0.1, 0.15) is 0 Å². The highest BCUT2D eigenvalue weighted by molar-refractivity contribution is 5.90. The van der Waals surface area contributed by atoms with Gasteiger partial charge in [0.1, 0.15) is 5.52 Å². The second kappa shape index (κ2) is 5.35. The number of hydrogen-bond acceptors (Lipinski definition) is 4. The lowest BCUT2D eigenvalue weighted by Crippen LogP contribution is -2.36. The Bertz CT molecular complexity index is 1010. The normalized spacial score (nSPS) is 15.4. The molecular formula is C18H17N5O. The number of aromatic amines is 1. The van der Waals surface area contributed by atoms with Crippen LogP contribution < -0.4 is 4.90 Å². The van der Waals surface area contributed by atoms with E-state index in [4.69, 9.17) is 9.72 Å². The van der Waals surface area contributed by atoms with Crippen LogP contribution >= 0.6 is 0 Å². The van der Waals surface area contributed by atoms with Crippen molar-refractivity contribution in [1.29, 1.82) is 0 Å². The summed E-state index contributed by atoms with van der Waals surface area (Å²) in [5.41, 5.74) is 4.20. The lowest BCUT2D eigenvalue weighted by molar-refractivity contribution is 0.123. The van der Waals surface area contributed by atoms with Gasteiger partial charge in [0.05, 0.1) is 36.1 Å². The average Bonchev–Trinajstić information content (AvgIpc) is 3.25. The highest BCUT2D eigenvalue weighted by Gasteiger charge is 2.17. The summed E-state index contributed by atoms with van der Waals surface area (Å²) in [6.07, 6.45) is 1.87. The highest BCUT2D eigenvalue weighted by atomic mass is 16.5. The maximum atomic E-state index is 5.46. The molecule has 1 N–H and O–H groups in total. The number of benzene rings is 2. The maximum Gasteiger partial charge on any atom is 0.229 e. The molecule has 0 aliphatic carbocycles. The lowest BCUT2D eigenvalue weighted by atomic mass is 10.2. The van der Waals surface area contributed by atoms with E-state index in [2.05, 4.69) is 45.3 Å². The van der Waals surface area contributed by atoms with Crippen LogP contribution in [0, 0.1) is 0 Å². The number of fused-ring (bicyclic) bond motifs is 2. The van der Waals surface area contributed by atoms with Gasteiger partial charge in [-0.05, 0) is 18.2 Å². The van der Waals surface area contributed by atoms with Crippen molar-refractivity contribution < 1.29 is 4.74 Å². The van der Waals surface area contributed by atoms with Crippen LogP contribution in [-0.4, -0.2) is 46.1 Å². The molecule has 0 bridgehead atoms. The fraction of sp³-hybridized carbons (Fsp3) is 0.222. The number of aromatic nitrogens is 4. The van der Waals surface area contributed by atoms with Crippen LogP contribution in [0.4, 0.5) is 5.69 Å². The lowest BCUT2D eigenvalue weighted by Gasteiger charge is -2.28. The number of nitrogens with one attached hydrogen (secondary N) is 1. The van der Waals surface area contributed by atoms with Gasteiger partial charge in [-0.3, -0.25) is 0 Å². The summed E-state index contributed by atoms with van der Waals surface area (Å²) in [6.45, 7) is 3.31. The molecule has 4 aromatic rings. The summed E-state index contributed by atoms with van der Waals surface area (Å²) in [5.74, 6) is 0.743. The Kier molecular flexibility index (Phi) is 3.02. The first-order valence-corrected chi connectivity index (χ1v) is 8.15. The van der Waals surface area contributed by atoms with Crippen LogP contribution in [0.2, 0.25) is 0 Å². The van der Waals surface area contributed by atoms with Crippen LogP contribution in [0.5, 0.6) is 0 Å². The van der Waals surface area contributed by atoms with Crippen molar-refractivity contribution in [3.63, 3.8) is 0 Å². The van der Waals surface area contributed by atoms with Crippen LogP contribution in [0.15, 0.2) is 48.7 Å². The van der Waals surface area contributed by atoms with Crippen molar-refractivity contribution in [2.75, 3.05) is 31.2 Å². The van der Waals surface area contributed by atoms with Gasteiger partial charge in [0.15, 0.2) is 0 Å². The molecule has 1 aliphatic heterocycles. The summed E-state index contributed by atoms with van der Waals surface area (Å²) in [4.78, 5) is 10.6. The zero-order valence-electron chi connectivity index (χ0n) is 13.1. The van der Waals surface area contributed by atoms with Gasteiger partial charge in [0.2, 0.25) is 5.95 Å². The Hall–Kier alpha value is -2.86. The minimum Gasteiger partial charge on any atom is -0.378 e. The van der Waals surface area contributed by atoms with E-state index in [-0.39, 0.29) is 0 Å². The molecule has 2 aromatic heterocycles. The second-order valence-corrected chi connectivity index (χ2v) is 5.95. The predicted molar refractivity (Wildman–Crippen MR) is 93.8 cm³/mol. The molecule has 1 fully saturated rings. The molecule has 1 saturated heterocycles. The minimum absolute atomic E-state index is 0.743. The van der Waals surface area contributed by atoms with Gasteiger partial charge < -0.3 is 14.6 Å². The van der Waals surface area contributed by atoms with E-state index < -0.39 is 0 Å². The van der Waals surface area contributed by atoms with E-state index in [1.807, 2.05) is 23.0 Å². The average molecular weight is 319 g/mol. The predicted octanol–water partition coefficient (Wildman–Crippen LogP) is 2.74. The molecule has 5 rings (SSSR count). The van der Waals surface area contributed by atoms with Crippen molar-refractivity contribution in [3.8, 4) is 5.95 Å². The van der Waals surface area contributed by atoms with Gasteiger partial charge in [-0.15, -0.1) is 0 Å². The molecule has 2 aromatic carbocycles. The first-order chi connectivity index (χ1) is 11.9. The minimum atomic E-state index is 0.743. The Balaban J connectivity index is 1.66. The summed E-state index contributed by atoms with van der Waals surface area (Å²) in [6, 6.07) is 14.4. The topological polar surface area (TPSA) is 59.0 Å². The molecular weight excluding hydrogens is 302 g/mol. The third-order valence-electron chi connectivity index (χ3n) is 4.51. The number of anilines is 1. The first kappa shape index (κ1) is 13.6. The third-order valence-corrected chi connectivity index (χ3v) is 4.51. The zero-order valence-corrected chi connectivity index (χ0v) is 13.1. The quantitative estimate of drug-likeness (QED) is 0.617. The Labute approximate surface area is 138 Å². The molecule has 0 unspecified atom stereocenters. The summed E-state index contributed by atoms with van der Waals surface area (Å²) < 4.78 is 7.32. The van der Waals surface area contributed by atoms with Gasteiger partial charge >= 0.3 is 0 Å². The number of rotatable bonds is 2. The number of morpholine rings is 1. The molecule has 6 heteroatoms. The standard InChI is InChI=1S/C18H17N5O/c1-2-6-15-13(4-1)12-19-23(15)18-20-14-5-3-7-16(17(14)21-18)22-8-10-24-11-9-22/h1-7,12H,8-11H2,(H,20,21). The molecule has 0 spiro atoms. The molecule has 3 heterocycles. The van der Waals surface area contributed by atoms with Crippen molar-refractivity contribution in [2.24, 2.45) is 0 Å². The maximum absolute atomic E-state index is 5.46. The molecule has 0 atom stereocenters. The summed E-state index contributed by atoms with van der Waals surface area (Å²) >= 11 is 0. The zero-order chi connectivity index (χ0) is 15.9. The summed E-state index contributed by atoms with van der Waals surface area (Å²) in [5, 5.41) is 5.60. The molecule has 1 aliphatic rings. The fourth-order valence-electron chi connectivity index (χ4n) is 3.30. The van der Waals surface area contributed by atoms with Gasteiger partial charge in [0.25, 0.3) is 0 Å². The number of para-hydroxylation sites is 2. The van der Waals surface area contributed by atoms with Gasteiger partial charge in [-0.25, -0.2) is 4.98 Å². The molecule has 24 heavy (non-hydrogen) atoms. The number of hydrogen-bond donors (Lipinski definition) is 1. The largest absolute Gasteiger partial charge is 0.378 e. The van der Waals surface area contributed by atoms with E-state index in [0.29, 0.717) is 0 Å². The van der Waals surface area contributed by atoms with Gasteiger partial charge in [-0.2, -0.15) is 9.78 Å². The fourth-order valence-corrected chi connectivity index (χ4v) is 3.30. The van der Waals surface area contributed by atoms with Crippen LogP contribution in [0.3, 0.4) is 0 Å². The Morgan fingerprint density at radius 2 is 1.88 bits per heavy atom. The molecule has 0 radical (unpaired) electrons. The number of H-pyrrole nitrogens is 1. The Morgan fingerprint density at radius 1 is 1.00 bits per heavy atom. The molecule has 6 nitrogen and oxygen atoms in total. The van der Waals surface area contributed by atoms with Crippen molar-refractivity contribution in [3.05, 3.63) is 48.7 Å². The highest BCUT2D eigenvalue weighted by Crippen LogP contribution is 2.27. The number of ether oxygens (including phenoxy) is 1. The van der Waals surface area contributed by atoms with Crippen molar-refractivity contribution in [1.82, 2.24) is 19.7 Å². The molecule has 0 amide bonds. The SMILES string of the molecule is c1ccc2c(c1)cnn2-c1nc2c(N3CCOCC3)cccc2[nH]1. The monoisotopic (exact) mass is 319 g/mol. The third kappa shape index (κ3) is 2.07. The number of imidazole rings is 1. The molecule has 120 valence electrons. The van der Waals surface area contributed by atoms with Crippen molar-refractivity contribution >= 4 is 27.6 Å². The summed E-state index contributed by atoms with van der Waals surface area (Å²) in [7, 11) is 0. The smallest absolute Gasteiger partial charge is 0.229 e. The van der Waals surface area contributed by atoms with Crippen LogP contribution in [-0.2, 0) is 4.74 Å². The van der Waals surface area contributed by atoms with E-state index in [9.17, 15) is 0 Å². The Morgan fingerprint density at radius 3 is 2.79 bits per heavy atom. The van der Waals surface area contributed by atoms with E-state index in [0.717, 1.165) is 59.9 Å². The van der Waals surface area contributed by atoms with E-state index in [1.165, 1.54) is 0 Å². The van der Waals surface area contributed by atoms with E-state index >= 15 is 0 Å². The van der Waals surface area contributed by atoms with E-state index in [1.54, 1.807) is 0 Å². The van der Waals surface area contributed by atoms with Gasteiger partial charge in [-0.1, -0.05) is 24.3 Å².